The molecule has 4 atom stereocenters. The molecule has 0 aromatic rings. The fraction of sp³-hybridized carbons (Fsp3) is 0.571. The van der Waals surface area contributed by atoms with Crippen molar-refractivity contribution in [2.24, 2.45) is 0 Å². The van der Waals surface area contributed by atoms with Gasteiger partial charge < -0.3 is 9.47 Å². The molecule has 208 valence electrons. The van der Waals surface area contributed by atoms with Gasteiger partial charge in [-0.2, -0.15) is 16.8 Å². The van der Waals surface area contributed by atoms with Gasteiger partial charge in [0.05, 0.1) is 12.8 Å². The third kappa shape index (κ3) is 6.48. The summed E-state index contributed by atoms with van der Waals surface area (Å²) in [5.74, 6) is -6.10. The van der Waals surface area contributed by atoms with E-state index in [0.29, 0.717) is 13.8 Å². The monoisotopic (exact) mass is 596 g/mol. The van der Waals surface area contributed by atoms with E-state index in [1.807, 2.05) is 0 Å². The summed E-state index contributed by atoms with van der Waals surface area (Å²) in [5.41, 5.74) is -4.46. The number of imide groups is 2. The zero-order valence-electron chi connectivity index (χ0n) is 18.3. The summed E-state index contributed by atoms with van der Waals surface area (Å²) >= 11 is 0. The van der Waals surface area contributed by atoms with E-state index in [-0.39, 0.29) is 10.1 Å². The molecule has 2 rings (SSSR count). The Bertz CT molecular complexity index is 1270. The number of sulfone groups is 1. The highest BCUT2D eigenvalue weighted by atomic mass is 32.2. The maximum absolute atomic E-state index is 12.4. The summed E-state index contributed by atoms with van der Waals surface area (Å²) in [6.07, 6.45) is -6.18. The molecule has 37 heavy (non-hydrogen) atoms. The Morgan fingerprint density at radius 2 is 1.03 bits per heavy atom. The van der Waals surface area contributed by atoms with Gasteiger partial charge >= 0.3 is 12.3 Å². The van der Waals surface area contributed by atoms with Crippen molar-refractivity contribution in [2.75, 3.05) is 0 Å². The van der Waals surface area contributed by atoms with E-state index in [0.717, 1.165) is 0 Å². The molecule has 0 aliphatic carbocycles. The average molecular weight is 596 g/mol. The first-order valence-electron chi connectivity index (χ1n) is 9.34. The lowest BCUT2D eigenvalue weighted by Crippen LogP contribution is -2.40. The number of hydrogen-bond donors (Lipinski definition) is 2. The van der Waals surface area contributed by atoms with Crippen LogP contribution in [0.25, 0.3) is 0 Å². The molecule has 2 heterocycles. The van der Waals surface area contributed by atoms with Gasteiger partial charge in [-0.05, 0) is 13.8 Å². The molecule has 4 unspecified atom stereocenters. The van der Waals surface area contributed by atoms with Gasteiger partial charge in [0.1, 0.15) is 0 Å². The van der Waals surface area contributed by atoms with Crippen LogP contribution in [-0.2, 0) is 68.4 Å². The zero-order valence-corrected chi connectivity index (χ0v) is 20.7. The lowest BCUT2D eigenvalue weighted by molar-refractivity contribution is -0.177. The van der Waals surface area contributed by atoms with E-state index in [1.165, 1.54) is 0 Å². The molecule has 0 saturated carbocycles. The first kappa shape index (κ1) is 29.8. The second kappa shape index (κ2) is 10.2. The third-order valence-corrected chi connectivity index (χ3v) is 8.84. The second-order valence-corrected chi connectivity index (χ2v) is 12.8. The Morgan fingerprint density at radius 1 is 0.730 bits per heavy atom. The summed E-state index contributed by atoms with van der Waals surface area (Å²) < 4.78 is 95.7. The molecule has 0 aromatic heterocycles. The Labute approximate surface area is 206 Å². The van der Waals surface area contributed by atoms with Crippen molar-refractivity contribution >= 4 is 66.0 Å². The van der Waals surface area contributed by atoms with E-state index in [1.54, 1.807) is 0 Å². The lowest BCUT2D eigenvalue weighted by Gasteiger charge is -2.20. The van der Waals surface area contributed by atoms with Gasteiger partial charge in [0.25, 0.3) is 43.9 Å². The molecule has 2 saturated heterocycles. The SMILES string of the molecule is CC(OC(=O)ON1C(=O)CC(S(=O)(=O)O)C1=O)S(=O)(=O)C(C)OC(=O)ON1C(=O)CC(S(=O)(=O)O)C1=O. The molecule has 0 spiro atoms. The molecular weight excluding hydrogens is 580 g/mol. The van der Waals surface area contributed by atoms with Crippen molar-refractivity contribution in [3.63, 3.8) is 0 Å². The Hall–Kier alpha value is -3.41. The molecule has 0 aromatic carbocycles. The molecule has 4 amide bonds. The maximum Gasteiger partial charge on any atom is 0.535 e. The summed E-state index contributed by atoms with van der Waals surface area (Å²) in [6, 6.07) is 0. The highest BCUT2D eigenvalue weighted by molar-refractivity contribution is 7.92. The molecule has 2 aliphatic heterocycles. The highest BCUT2D eigenvalue weighted by Crippen LogP contribution is 2.22. The van der Waals surface area contributed by atoms with Crippen LogP contribution >= 0.6 is 0 Å². The fourth-order valence-electron chi connectivity index (χ4n) is 2.69. The lowest BCUT2D eigenvalue weighted by atomic mass is 10.4. The number of hydrogen-bond acceptors (Lipinski definition) is 16. The zero-order chi connectivity index (χ0) is 28.7. The number of ether oxygens (including phenoxy) is 2. The van der Waals surface area contributed by atoms with Crippen molar-refractivity contribution in [1.82, 2.24) is 10.1 Å². The minimum Gasteiger partial charge on any atom is -0.413 e. The third-order valence-electron chi connectivity index (χ3n) is 4.62. The Morgan fingerprint density at radius 3 is 1.27 bits per heavy atom. The van der Waals surface area contributed by atoms with E-state index in [4.69, 9.17) is 9.11 Å². The van der Waals surface area contributed by atoms with Crippen LogP contribution < -0.4 is 0 Å². The van der Waals surface area contributed by atoms with Crippen molar-refractivity contribution in [2.45, 2.75) is 48.1 Å². The summed E-state index contributed by atoms with van der Waals surface area (Å²) in [5, 5.41) is -5.28. The summed E-state index contributed by atoms with van der Waals surface area (Å²) in [6.45, 7) is 1.39. The Balaban J connectivity index is 1.98. The van der Waals surface area contributed by atoms with Gasteiger partial charge in [-0.3, -0.25) is 38.0 Å². The molecule has 2 fully saturated rings. The summed E-state index contributed by atoms with van der Waals surface area (Å²) in [7, 11) is -14.9. The molecular formula is C14H16N2O18S3. The van der Waals surface area contributed by atoms with Crippen molar-refractivity contribution in [3.05, 3.63) is 0 Å². The van der Waals surface area contributed by atoms with Gasteiger partial charge in [0.15, 0.2) is 10.5 Å². The van der Waals surface area contributed by atoms with Gasteiger partial charge in [0.2, 0.25) is 20.7 Å². The number of hydroxylamine groups is 4. The largest absolute Gasteiger partial charge is 0.535 e. The van der Waals surface area contributed by atoms with E-state index >= 15 is 0 Å². The van der Waals surface area contributed by atoms with Gasteiger partial charge in [-0.1, -0.05) is 10.1 Å². The molecule has 23 heteroatoms. The van der Waals surface area contributed by atoms with Crippen molar-refractivity contribution in [3.8, 4) is 0 Å². The number of carbonyl (C=O) groups excluding carboxylic acids is 6. The van der Waals surface area contributed by atoms with Gasteiger partial charge in [-0.25, -0.2) is 18.0 Å². The van der Waals surface area contributed by atoms with Gasteiger partial charge in [-0.15, -0.1) is 0 Å². The fourth-order valence-corrected chi connectivity index (χ4v) is 5.06. The molecule has 0 radical (unpaired) electrons. The quantitative estimate of drug-likeness (QED) is 0.163. The van der Waals surface area contributed by atoms with Crippen LogP contribution in [0, 0.1) is 0 Å². The van der Waals surface area contributed by atoms with Crippen molar-refractivity contribution < 1.29 is 82.3 Å². The maximum atomic E-state index is 12.4. The van der Waals surface area contributed by atoms with Crippen LogP contribution in [0.4, 0.5) is 9.59 Å². The minimum atomic E-state index is -5.04. The number of nitrogens with zero attached hydrogens (tertiary/aromatic N) is 2. The molecule has 2 N–H and O–H groups in total. The smallest absolute Gasteiger partial charge is 0.413 e. The normalized spacial score (nSPS) is 22.6. The molecule has 0 bridgehead atoms. The molecule has 20 nitrogen and oxygen atoms in total. The van der Waals surface area contributed by atoms with E-state index in [9.17, 15) is 54.0 Å². The molecule has 2 aliphatic rings. The minimum absolute atomic E-state index is 0.374. The van der Waals surface area contributed by atoms with E-state index in [2.05, 4.69) is 19.1 Å². The topological polar surface area (TPSA) is 289 Å². The predicted octanol–water partition coefficient (Wildman–Crippen LogP) is -2.74. The van der Waals surface area contributed by atoms with Crippen molar-refractivity contribution in [1.29, 1.82) is 0 Å². The van der Waals surface area contributed by atoms with Crippen LogP contribution in [0.2, 0.25) is 0 Å². The second-order valence-electron chi connectivity index (χ2n) is 7.11. The number of carbonyl (C=O) groups is 6. The van der Waals surface area contributed by atoms with E-state index < -0.39 is 100 Å². The van der Waals surface area contributed by atoms with Crippen LogP contribution in [0.5, 0.6) is 0 Å². The highest BCUT2D eigenvalue weighted by Gasteiger charge is 2.50. The van der Waals surface area contributed by atoms with Gasteiger partial charge in [0, 0.05) is 0 Å². The number of rotatable bonds is 8. The predicted molar refractivity (Wildman–Crippen MR) is 107 cm³/mol. The van der Waals surface area contributed by atoms with Crippen LogP contribution in [0.1, 0.15) is 26.7 Å². The standard InChI is InChI=1S/C14H16N2O18S3/c1-5(31-13(21)33-15-9(17)3-7(11(15)19)36(25,26)27)35(23,24)6(2)32-14(22)34-16-10(18)4-8(12(16)20)37(28,29)30/h5-8H,3-4H2,1-2H3,(H,25,26,27)(H,28,29,30). The first-order chi connectivity index (χ1) is 16.7. The Kier molecular flexibility index (Phi) is 8.18. The van der Waals surface area contributed by atoms with Crippen LogP contribution in [0.15, 0.2) is 0 Å². The van der Waals surface area contributed by atoms with Crippen LogP contribution in [-0.4, -0.2) is 102 Å². The van der Waals surface area contributed by atoms with Crippen LogP contribution in [0.3, 0.4) is 0 Å². The average Bonchev–Trinajstić information content (AvgIpc) is 3.18. The first-order valence-corrected chi connectivity index (χ1v) is 14.0. The number of amides is 4. The summed E-state index contributed by atoms with van der Waals surface area (Å²) in [4.78, 5) is 79.0.